The topological polar surface area (TPSA) is 18.5 Å². The van der Waals surface area contributed by atoms with Crippen LogP contribution in [0.25, 0.3) is 0 Å². The lowest BCUT2D eigenvalue weighted by Gasteiger charge is -2.23. The van der Waals surface area contributed by atoms with Crippen LogP contribution >= 0.6 is 0 Å². The molecule has 1 heterocycles. The first-order valence-corrected chi connectivity index (χ1v) is 4.27. The maximum atomic E-state index is 5.65. The molecule has 11 heavy (non-hydrogen) atoms. The zero-order valence-corrected chi connectivity index (χ0v) is 7.89. The van der Waals surface area contributed by atoms with Gasteiger partial charge < -0.3 is 9.47 Å². The van der Waals surface area contributed by atoms with Gasteiger partial charge in [0.05, 0.1) is 12.2 Å². The Morgan fingerprint density at radius 3 is 2.36 bits per heavy atom. The summed E-state index contributed by atoms with van der Waals surface area (Å²) in [7, 11) is 0. The number of ether oxygens (including phenoxy) is 2. The minimum Gasteiger partial charge on any atom is -0.352 e. The van der Waals surface area contributed by atoms with E-state index in [-0.39, 0.29) is 11.9 Å². The summed E-state index contributed by atoms with van der Waals surface area (Å²) in [4.78, 5) is 0. The fourth-order valence-corrected chi connectivity index (χ4v) is 1.21. The molecule has 0 aliphatic carbocycles. The van der Waals surface area contributed by atoms with Crippen LogP contribution in [0.3, 0.4) is 0 Å². The second kappa shape index (κ2) is 3.11. The maximum Gasteiger partial charge on any atom is 0.158 e. The Bertz CT molecular complexity index is 126. The molecule has 66 valence electrons. The highest BCUT2D eigenvalue weighted by molar-refractivity contribution is 4.67. The van der Waals surface area contributed by atoms with E-state index in [1.165, 1.54) is 0 Å². The Labute approximate surface area is 68.9 Å². The van der Waals surface area contributed by atoms with Crippen molar-refractivity contribution in [3.05, 3.63) is 0 Å². The molecule has 0 saturated carbocycles. The molecule has 0 spiro atoms. The van der Waals surface area contributed by atoms with Crippen molar-refractivity contribution < 1.29 is 9.47 Å². The molecule has 0 bridgehead atoms. The van der Waals surface area contributed by atoms with Crippen LogP contribution in [0.2, 0.25) is 0 Å². The largest absolute Gasteiger partial charge is 0.352 e. The van der Waals surface area contributed by atoms with Crippen LogP contribution in [0.15, 0.2) is 0 Å². The standard InChI is InChI=1S/C9H18O2/c1-7-5-8(10-6-7)11-9(2,3)4/h7-8H,5-6H2,1-4H3/t7-,8+/m1/s1. The first kappa shape index (κ1) is 9.01. The van der Waals surface area contributed by atoms with Crippen molar-refractivity contribution in [1.29, 1.82) is 0 Å². The Morgan fingerprint density at radius 2 is 2.00 bits per heavy atom. The molecular formula is C9H18O2. The minimum atomic E-state index is -0.0747. The molecule has 2 nitrogen and oxygen atoms in total. The smallest absolute Gasteiger partial charge is 0.158 e. The predicted molar refractivity (Wildman–Crippen MR) is 44.4 cm³/mol. The van der Waals surface area contributed by atoms with Crippen molar-refractivity contribution in [3.8, 4) is 0 Å². The zero-order valence-electron chi connectivity index (χ0n) is 7.89. The van der Waals surface area contributed by atoms with Gasteiger partial charge in [0.25, 0.3) is 0 Å². The van der Waals surface area contributed by atoms with Crippen LogP contribution in [0.4, 0.5) is 0 Å². The summed E-state index contributed by atoms with van der Waals surface area (Å²) in [6.07, 6.45) is 1.07. The highest BCUT2D eigenvalue weighted by Crippen LogP contribution is 2.23. The van der Waals surface area contributed by atoms with Gasteiger partial charge >= 0.3 is 0 Å². The van der Waals surface area contributed by atoms with E-state index < -0.39 is 0 Å². The van der Waals surface area contributed by atoms with Crippen molar-refractivity contribution in [2.45, 2.75) is 46.0 Å². The molecule has 1 saturated heterocycles. The number of hydrogen-bond acceptors (Lipinski definition) is 2. The molecular weight excluding hydrogens is 140 g/mol. The molecule has 0 unspecified atom stereocenters. The molecule has 1 aliphatic rings. The van der Waals surface area contributed by atoms with Gasteiger partial charge in [-0.3, -0.25) is 0 Å². The van der Waals surface area contributed by atoms with Gasteiger partial charge in [0.1, 0.15) is 0 Å². The second-order valence-electron chi connectivity index (χ2n) is 4.33. The summed E-state index contributed by atoms with van der Waals surface area (Å²) in [5.41, 5.74) is -0.0747. The Balaban J connectivity index is 2.29. The highest BCUT2D eigenvalue weighted by atomic mass is 16.7. The van der Waals surface area contributed by atoms with E-state index in [1.54, 1.807) is 0 Å². The quantitative estimate of drug-likeness (QED) is 0.582. The summed E-state index contributed by atoms with van der Waals surface area (Å²) < 4.78 is 11.1. The third-order valence-electron chi connectivity index (χ3n) is 1.65. The van der Waals surface area contributed by atoms with Gasteiger partial charge in [-0.1, -0.05) is 6.92 Å². The van der Waals surface area contributed by atoms with E-state index in [0.29, 0.717) is 5.92 Å². The molecule has 0 radical (unpaired) electrons. The molecule has 1 rings (SSSR count). The van der Waals surface area contributed by atoms with Gasteiger partial charge in [-0.05, 0) is 26.7 Å². The summed E-state index contributed by atoms with van der Waals surface area (Å²) in [6.45, 7) is 9.20. The van der Waals surface area contributed by atoms with Crippen molar-refractivity contribution in [2.75, 3.05) is 6.61 Å². The lowest BCUT2D eigenvalue weighted by molar-refractivity contribution is -0.171. The van der Waals surface area contributed by atoms with Crippen LogP contribution in [0, 0.1) is 5.92 Å². The molecule has 1 fully saturated rings. The monoisotopic (exact) mass is 158 g/mol. The van der Waals surface area contributed by atoms with Crippen molar-refractivity contribution in [1.82, 2.24) is 0 Å². The predicted octanol–water partition coefficient (Wildman–Crippen LogP) is 2.18. The molecule has 1 aliphatic heterocycles. The van der Waals surface area contributed by atoms with E-state index in [0.717, 1.165) is 13.0 Å². The van der Waals surface area contributed by atoms with Gasteiger partial charge in [0.15, 0.2) is 6.29 Å². The summed E-state index contributed by atoms with van der Waals surface area (Å²) in [6, 6.07) is 0. The lowest BCUT2D eigenvalue weighted by Crippen LogP contribution is -2.26. The summed E-state index contributed by atoms with van der Waals surface area (Å²) >= 11 is 0. The third kappa shape index (κ3) is 3.21. The third-order valence-corrected chi connectivity index (χ3v) is 1.65. The molecule has 0 amide bonds. The fraction of sp³-hybridized carbons (Fsp3) is 1.00. The van der Waals surface area contributed by atoms with Gasteiger partial charge in [-0.15, -0.1) is 0 Å². The van der Waals surface area contributed by atoms with Crippen molar-refractivity contribution >= 4 is 0 Å². The van der Waals surface area contributed by atoms with E-state index in [9.17, 15) is 0 Å². The average molecular weight is 158 g/mol. The molecule has 0 aromatic rings. The van der Waals surface area contributed by atoms with Crippen LogP contribution in [0.1, 0.15) is 34.1 Å². The fourth-order valence-electron chi connectivity index (χ4n) is 1.21. The molecule has 0 N–H and O–H groups in total. The van der Waals surface area contributed by atoms with Crippen molar-refractivity contribution in [2.24, 2.45) is 5.92 Å². The van der Waals surface area contributed by atoms with Crippen LogP contribution < -0.4 is 0 Å². The molecule has 0 aromatic heterocycles. The maximum absolute atomic E-state index is 5.65. The number of hydrogen-bond donors (Lipinski definition) is 0. The van der Waals surface area contributed by atoms with E-state index in [2.05, 4.69) is 27.7 Å². The summed E-state index contributed by atoms with van der Waals surface area (Å²) in [5, 5.41) is 0. The zero-order chi connectivity index (χ0) is 8.48. The second-order valence-corrected chi connectivity index (χ2v) is 4.33. The van der Waals surface area contributed by atoms with Crippen LogP contribution in [-0.2, 0) is 9.47 Å². The molecule has 2 atom stereocenters. The van der Waals surface area contributed by atoms with Gasteiger partial charge in [0.2, 0.25) is 0 Å². The highest BCUT2D eigenvalue weighted by Gasteiger charge is 2.26. The summed E-state index contributed by atoms with van der Waals surface area (Å²) in [5.74, 6) is 0.655. The minimum absolute atomic E-state index is 0.0324. The Kier molecular flexibility index (Phi) is 2.55. The van der Waals surface area contributed by atoms with Gasteiger partial charge in [-0.2, -0.15) is 0 Å². The molecule has 2 heteroatoms. The van der Waals surface area contributed by atoms with Gasteiger partial charge in [-0.25, -0.2) is 0 Å². The number of rotatable bonds is 1. The van der Waals surface area contributed by atoms with Crippen molar-refractivity contribution in [3.63, 3.8) is 0 Å². The first-order valence-electron chi connectivity index (χ1n) is 4.27. The van der Waals surface area contributed by atoms with E-state index in [1.807, 2.05) is 0 Å². The Hall–Kier alpha value is -0.0800. The van der Waals surface area contributed by atoms with Gasteiger partial charge in [0, 0.05) is 6.42 Å². The average Bonchev–Trinajstić information content (AvgIpc) is 2.10. The normalized spacial score (nSPS) is 32.7. The first-order chi connectivity index (χ1) is 4.97. The lowest BCUT2D eigenvalue weighted by atomic mass is 10.1. The van der Waals surface area contributed by atoms with E-state index in [4.69, 9.17) is 9.47 Å². The van der Waals surface area contributed by atoms with Crippen LogP contribution in [0.5, 0.6) is 0 Å². The Morgan fingerprint density at radius 1 is 1.36 bits per heavy atom. The SMILES string of the molecule is C[C@H]1CO[C@@H](OC(C)(C)C)C1. The van der Waals surface area contributed by atoms with Crippen LogP contribution in [-0.4, -0.2) is 18.5 Å². The van der Waals surface area contributed by atoms with E-state index >= 15 is 0 Å². The molecule has 0 aromatic carbocycles.